The van der Waals surface area contributed by atoms with Crippen molar-refractivity contribution in [1.29, 1.82) is 0 Å². The Morgan fingerprint density at radius 1 is 1.29 bits per heavy atom. The van der Waals surface area contributed by atoms with E-state index in [2.05, 4.69) is 10.3 Å². The molecule has 35 heavy (non-hydrogen) atoms. The maximum Gasteiger partial charge on any atom is 0.352 e. The molecule has 12 heteroatoms. The number of carbonyl (C=O) groups is 3. The predicted octanol–water partition coefficient (Wildman–Crippen LogP) is 3.31. The van der Waals surface area contributed by atoms with Gasteiger partial charge in [0.1, 0.15) is 17.1 Å². The lowest BCUT2D eigenvalue weighted by Gasteiger charge is -2.49. The van der Waals surface area contributed by atoms with Crippen LogP contribution in [0, 0.1) is 0 Å². The molecule has 0 spiro atoms. The van der Waals surface area contributed by atoms with E-state index in [1.165, 1.54) is 51.1 Å². The largest absolute Gasteiger partial charge is 0.477 e. The van der Waals surface area contributed by atoms with E-state index < -0.39 is 23.3 Å². The molecular formula is C23H17N3O5S4. The minimum absolute atomic E-state index is 0.0641. The molecule has 178 valence electrons. The van der Waals surface area contributed by atoms with Gasteiger partial charge < -0.3 is 10.4 Å². The quantitative estimate of drug-likeness (QED) is 0.344. The summed E-state index contributed by atoms with van der Waals surface area (Å²) in [5.41, 5.74) is 2.62. The number of carboxylic acids is 1. The summed E-state index contributed by atoms with van der Waals surface area (Å²) >= 11 is 5.59. The maximum absolute atomic E-state index is 12.8. The van der Waals surface area contributed by atoms with E-state index in [-0.39, 0.29) is 23.5 Å². The standard InChI is InChI=1S/C23H17N3O5S4/c27-15-8-18(35-16-4-2-1-3-14(15)16)33-6-5-12-9-34-22-19(21(29)26(22)20(12)23(30)31)25-17(28)7-13-10-32-11-24-13/h1-6,8,10-11,19,22H,7,9H2,(H,25,28)(H,30,31)/b6-5+/t19?,22-/m1/s1. The number of aliphatic carboxylic acids is 1. The summed E-state index contributed by atoms with van der Waals surface area (Å²) in [5, 5.41) is 16.2. The summed E-state index contributed by atoms with van der Waals surface area (Å²) < 4.78 is 1.66. The molecule has 0 aliphatic carbocycles. The van der Waals surface area contributed by atoms with Gasteiger partial charge in [0.2, 0.25) is 5.91 Å². The molecule has 3 aromatic rings. The number of hydrogen-bond acceptors (Lipinski definition) is 9. The molecule has 1 aromatic carbocycles. The van der Waals surface area contributed by atoms with E-state index in [0.717, 1.165) is 8.91 Å². The fourth-order valence-corrected chi connectivity index (χ4v) is 7.66. The summed E-state index contributed by atoms with van der Waals surface area (Å²) in [6.45, 7) is 0. The molecule has 0 saturated carbocycles. The fraction of sp³-hybridized carbons (Fsp3) is 0.174. The zero-order valence-electron chi connectivity index (χ0n) is 17.9. The highest BCUT2D eigenvalue weighted by atomic mass is 32.2. The average molecular weight is 544 g/mol. The number of aromatic nitrogens is 1. The molecule has 2 amide bonds. The molecule has 2 atom stereocenters. The monoisotopic (exact) mass is 543 g/mol. The second-order valence-corrected chi connectivity index (χ2v) is 11.8. The number of allylic oxidation sites excluding steroid dienone is 1. The fourth-order valence-electron chi connectivity index (χ4n) is 3.81. The highest BCUT2D eigenvalue weighted by molar-refractivity contribution is 8.04. The van der Waals surface area contributed by atoms with Crippen molar-refractivity contribution in [3.05, 3.63) is 79.9 Å². The number of benzene rings is 1. The van der Waals surface area contributed by atoms with Gasteiger partial charge in [-0.3, -0.25) is 19.3 Å². The van der Waals surface area contributed by atoms with Gasteiger partial charge in [-0.15, -0.1) is 34.4 Å². The molecule has 2 aromatic heterocycles. The maximum atomic E-state index is 12.8. The van der Waals surface area contributed by atoms with Crippen LogP contribution in [0.15, 0.2) is 73.0 Å². The number of hydrogen-bond donors (Lipinski definition) is 2. The van der Waals surface area contributed by atoms with Crippen LogP contribution in [-0.2, 0) is 20.8 Å². The number of nitrogens with zero attached hydrogens (tertiary/aromatic N) is 2. The van der Waals surface area contributed by atoms with Crippen LogP contribution in [0.3, 0.4) is 0 Å². The third-order valence-corrected chi connectivity index (χ3v) is 9.40. The predicted molar refractivity (Wildman–Crippen MR) is 139 cm³/mol. The van der Waals surface area contributed by atoms with Crippen LogP contribution in [0.25, 0.3) is 10.1 Å². The van der Waals surface area contributed by atoms with Gasteiger partial charge in [0.05, 0.1) is 21.8 Å². The van der Waals surface area contributed by atoms with Crippen LogP contribution in [0.5, 0.6) is 0 Å². The van der Waals surface area contributed by atoms with E-state index in [1.54, 1.807) is 34.5 Å². The topological polar surface area (TPSA) is 117 Å². The number of thioether (sulfide) groups is 2. The summed E-state index contributed by atoms with van der Waals surface area (Å²) in [7, 11) is 0. The van der Waals surface area contributed by atoms with Crippen molar-refractivity contribution in [3.8, 4) is 0 Å². The molecule has 5 rings (SSSR count). The highest BCUT2D eigenvalue weighted by Gasteiger charge is 2.53. The van der Waals surface area contributed by atoms with Gasteiger partial charge in [-0.2, -0.15) is 0 Å². The van der Waals surface area contributed by atoms with E-state index in [0.29, 0.717) is 22.4 Å². The normalized spacial score (nSPS) is 19.7. The van der Waals surface area contributed by atoms with Gasteiger partial charge >= 0.3 is 5.97 Å². The Kier molecular flexibility index (Phi) is 6.78. The summed E-state index contributed by atoms with van der Waals surface area (Å²) in [6, 6.07) is 8.18. The lowest BCUT2D eigenvalue weighted by atomic mass is 10.0. The van der Waals surface area contributed by atoms with E-state index in [9.17, 15) is 24.3 Å². The molecule has 2 N–H and O–H groups in total. The number of thiazole rings is 1. The molecule has 1 unspecified atom stereocenters. The van der Waals surface area contributed by atoms with E-state index in [1.807, 2.05) is 18.2 Å². The van der Waals surface area contributed by atoms with Crippen LogP contribution in [0.2, 0.25) is 0 Å². The number of carbonyl (C=O) groups excluding carboxylic acids is 2. The second-order valence-electron chi connectivity index (χ2n) is 7.64. The Morgan fingerprint density at radius 2 is 2.11 bits per heavy atom. The van der Waals surface area contributed by atoms with Crippen LogP contribution in [0.1, 0.15) is 5.69 Å². The van der Waals surface area contributed by atoms with Crippen molar-refractivity contribution >= 4 is 74.1 Å². The highest BCUT2D eigenvalue weighted by Crippen LogP contribution is 2.41. The Hall–Kier alpha value is -2.93. The van der Waals surface area contributed by atoms with Crippen molar-refractivity contribution < 1.29 is 19.5 Å². The zero-order valence-corrected chi connectivity index (χ0v) is 21.1. The first-order chi connectivity index (χ1) is 16.9. The van der Waals surface area contributed by atoms with Crippen molar-refractivity contribution in [2.75, 3.05) is 5.75 Å². The van der Waals surface area contributed by atoms with Crippen LogP contribution in [0.4, 0.5) is 0 Å². The van der Waals surface area contributed by atoms with E-state index in [4.69, 9.17) is 0 Å². The number of amides is 2. The van der Waals surface area contributed by atoms with Crippen molar-refractivity contribution in [2.45, 2.75) is 22.0 Å². The summed E-state index contributed by atoms with van der Waals surface area (Å²) in [5.74, 6) is -1.60. The number of fused-ring (bicyclic) bond motifs is 2. The molecule has 4 heterocycles. The molecule has 8 nitrogen and oxygen atoms in total. The summed E-state index contributed by atoms with van der Waals surface area (Å²) in [6.07, 6.45) is 1.74. The lowest BCUT2D eigenvalue weighted by molar-refractivity contribution is -0.150. The Morgan fingerprint density at radius 3 is 2.89 bits per heavy atom. The first-order valence-corrected chi connectivity index (χ1v) is 14.0. The number of β-lactam (4-membered cyclic amide) rings is 1. The molecule has 0 radical (unpaired) electrons. The Bertz CT molecular complexity index is 1450. The number of rotatable bonds is 7. The third kappa shape index (κ3) is 4.79. The van der Waals surface area contributed by atoms with Gasteiger partial charge in [-0.1, -0.05) is 23.9 Å². The minimum Gasteiger partial charge on any atom is -0.477 e. The molecule has 0 bridgehead atoms. The first kappa shape index (κ1) is 23.8. The zero-order chi connectivity index (χ0) is 24.5. The number of carboxylic acid groups (broad SMARTS) is 1. The van der Waals surface area contributed by atoms with Crippen LogP contribution < -0.4 is 10.7 Å². The smallest absolute Gasteiger partial charge is 0.352 e. The SMILES string of the molecule is O=C(Cc1cscn1)NC1C(=O)N2C(C(=O)O)=C(/C=C/Sc3cc(=O)c4ccccc4s3)CS[C@H]12. The molecule has 1 fully saturated rings. The molecular weight excluding hydrogens is 527 g/mol. The van der Waals surface area contributed by atoms with E-state index >= 15 is 0 Å². The van der Waals surface area contributed by atoms with Gasteiger partial charge in [0.15, 0.2) is 5.43 Å². The van der Waals surface area contributed by atoms with Gasteiger partial charge in [-0.25, -0.2) is 9.78 Å². The summed E-state index contributed by atoms with van der Waals surface area (Å²) in [4.78, 5) is 54.7. The van der Waals surface area contributed by atoms with Gasteiger partial charge in [-0.05, 0) is 29.2 Å². The second kappa shape index (κ2) is 9.97. The van der Waals surface area contributed by atoms with Crippen molar-refractivity contribution in [1.82, 2.24) is 15.2 Å². The average Bonchev–Trinajstić information content (AvgIpc) is 3.35. The van der Waals surface area contributed by atoms with Crippen molar-refractivity contribution in [2.24, 2.45) is 0 Å². The Balaban J connectivity index is 1.30. The van der Waals surface area contributed by atoms with Gasteiger partial charge in [0.25, 0.3) is 5.91 Å². The Labute approximate surface area is 215 Å². The molecule has 2 aliphatic heterocycles. The molecule has 1 saturated heterocycles. The number of nitrogens with one attached hydrogen (secondary N) is 1. The first-order valence-electron chi connectivity index (χ1n) is 10.4. The van der Waals surface area contributed by atoms with Crippen LogP contribution >= 0.6 is 46.2 Å². The minimum atomic E-state index is -1.20. The lowest BCUT2D eigenvalue weighted by Crippen LogP contribution is -2.70. The van der Waals surface area contributed by atoms with Crippen LogP contribution in [-0.4, -0.2) is 49.9 Å². The molecule has 2 aliphatic rings. The third-order valence-electron chi connectivity index (χ3n) is 5.41. The van der Waals surface area contributed by atoms with Crippen molar-refractivity contribution in [3.63, 3.8) is 0 Å². The van der Waals surface area contributed by atoms with Gasteiger partial charge in [0, 0.05) is 27.3 Å².